The first-order valence-electron chi connectivity index (χ1n) is 12.7. The lowest BCUT2D eigenvalue weighted by Gasteiger charge is -2.61. The Kier molecular flexibility index (Phi) is 4.94. The van der Waals surface area contributed by atoms with Gasteiger partial charge in [-0.15, -0.1) is 0 Å². The van der Waals surface area contributed by atoms with Gasteiger partial charge in [0.25, 0.3) is 0 Å². The minimum absolute atomic E-state index is 0.0000651. The second kappa shape index (κ2) is 7.03. The quantitative estimate of drug-likeness (QED) is 0.566. The lowest BCUT2D eigenvalue weighted by atomic mass is 9.44. The van der Waals surface area contributed by atoms with Crippen LogP contribution in [0.25, 0.3) is 0 Å². The molecule has 5 saturated carbocycles. The Bertz CT molecular complexity index is 536. The van der Waals surface area contributed by atoms with Crippen LogP contribution in [0.5, 0.6) is 0 Å². The van der Waals surface area contributed by atoms with Gasteiger partial charge < -0.3 is 5.11 Å². The third kappa shape index (κ3) is 3.04. The van der Waals surface area contributed by atoms with Crippen molar-refractivity contribution in [3.63, 3.8) is 0 Å². The zero-order chi connectivity index (χ0) is 18.6. The van der Waals surface area contributed by atoms with Crippen molar-refractivity contribution in [2.24, 2.45) is 46.3 Å². The van der Waals surface area contributed by atoms with Crippen molar-refractivity contribution in [2.45, 2.75) is 116 Å². The highest BCUT2D eigenvalue weighted by Gasteiger charge is 2.59. The van der Waals surface area contributed by atoms with E-state index < -0.39 is 0 Å². The van der Waals surface area contributed by atoms with Crippen molar-refractivity contribution in [1.29, 1.82) is 0 Å². The molecule has 154 valence electrons. The van der Waals surface area contributed by atoms with Crippen LogP contribution in [0.1, 0.15) is 110 Å². The topological polar surface area (TPSA) is 20.2 Å². The summed E-state index contributed by atoms with van der Waals surface area (Å²) in [7, 11) is 0. The molecule has 1 N–H and O–H groups in total. The fourth-order valence-corrected chi connectivity index (χ4v) is 9.55. The number of fused-ring (bicyclic) bond motifs is 5. The molecule has 0 radical (unpaired) electrons. The first-order valence-corrected chi connectivity index (χ1v) is 12.7. The number of hydrogen-bond donors (Lipinski definition) is 1. The predicted molar refractivity (Wildman–Crippen MR) is 112 cm³/mol. The Hall–Kier alpha value is -0.0400. The summed E-state index contributed by atoms with van der Waals surface area (Å²) in [6, 6.07) is 0. The summed E-state index contributed by atoms with van der Waals surface area (Å²) >= 11 is 0. The van der Waals surface area contributed by atoms with Crippen molar-refractivity contribution < 1.29 is 5.11 Å². The van der Waals surface area contributed by atoms with E-state index >= 15 is 0 Å². The molecular weight excluding hydrogens is 328 g/mol. The molecule has 5 fully saturated rings. The predicted octanol–water partition coefficient (Wildman–Crippen LogP) is 6.98. The molecule has 0 bridgehead atoms. The lowest BCUT2D eigenvalue weighted by Crippen LogP contribution is -2.53. The molecule has 5 rings (SSSR count). The monoisotopic (exact) mass is 372 g/mol. The average molecular weight is 373 g/mol. The van der Waals surface area contributed by atoms with Crippen LogP contribution in [0.2, 0.25) is 0 Å². The zero-order valence-electron chi connectivity index (χ0n) is 18.1. The molecule has 8 atom stereocenters. The molecule has 4 unspecified atom stereocenters. The highest BCUT2D eigenvalue weighted by molar-refractivity contribution is 5.09. The normalized spacial score (nSPS) is 53.0. The van der Waals surface area contributed by atoms with E-state index in [0.29, 0.717) is 10.8 Å². The standard InChI is InChI=1S/C26H44O/c1-25-16-14-24-22(11-9-20-17-21(27)13-15-26(20,24)2)23(25)12-10-19(25)8-7-18-5-3-4-6-18/h18-24,27H,3-17H2,1-2H3/t19-,20?,21-,22-,23?,24?,25?,26-/m0/s1. The van der Waals surface area contributed by atoms with Crippen molar-refractivity contribution in [1.82, 2.24) is 0 Å². The number of rotatable bonds is 3. The van der Waals surface area contributed by atoms with Crippen molar-refractivity contribution in [2.75, 3.05) is 0 Å². The Labute approximate surface area is 168 Å². The van der Waals surface area contributed by atoms with Crippen LogP contribution >= 0.6 is 0 Å². The molecule has 0 aromatic heterocycles. The Balaban J connectivity index is 1.29. The van der Waals surface area contributed by atoms with Gasteiger partial charge in [-0.05, 0) is 111 Å². The molecule has 0 amide bonds. The van der Waals surface area contributed by atoms with Gasteiger partial charge in [0.1, 0.15) is 0 Å². The largest absolute Gasteiger partial charge is 0.393 e. The van der Waals surface area contributed by atoms with E-state index in [1.165, 1.54) is 70.6 Å². The fraction of sp³-hybridized carbons (Fsp3) is 1.00. The minimum atomic E-state index is -0.0000651. The maximum Gasteiger partial charge on any atom is 0.0543 e. The first-order chi connectivity index (χ1) is 13.0. The van der Waals surface area contributed by atoms with E-state index in [-0.39, 0.29) is 6.10 Å². The van der Waals surface area contributed by atoms with Crippen molar-refractivity contribution in [3.05, 3.63) is 0 Å². The lowest BCUT2D eigenvalue weighted by molar-refractivity contribution is -0.127. The highest BCUT2D eigenvalue weighted by atomic mass is 16.3. The van der Waals surface area contributed by atoms with Gasteiger partial charge in [0, 0.05) is 0 Å². The van der Waals surface area contributed by atoms with Crippen LogP contribution in [0.15, 0.2) is 0 Å². The molecular formula is C26H44O. The van der Waals surface area contributed by atoms with Gasteiger partial charge in [0.2, 0.25) is 0 Å². The number of aliphatic hydroxyl groups is 1. The molecule has 0 saturated heterocycles. The summed E-state index contributed by atoms with van der Waals surface area (Å²) < 4.78 is 0. The Morgan fingerprint density at radius 3 is 2.30 bits per heavy atom. The molecule has 0 aromatic rings. The summed E-state index contributed by atoms with van der Waals surface area (Å²) in [5.74, 6) is 5.92. The van der Waals surface area contributed by atoms with Gasteiger partial charge in [0.15, 0.2) is 0 Å². The highest BCUT2D eigenvalue weighted by Crippen LogP contribution is 2.68. The summed E-state index contributed by atoms with van der Waals surface area (Å²) in [5.41, 5.74) is 1.21. The van der Waals surface area contributed by atoms with Crippen LogP contribution in [0.3, 0.4) is 0 Å². The second-order valence-electron chi connectivity index (χ2n) is 12.1. The SMILES string of the molecule is CC12CCC3[C@@H](CCC4C[C@@H](O)CC[C@@]43C)C1CC[C@@H]2CCC1CCCC1. The number of hydrogen-bond acceptors (Lipinski definition) is 1. The Morgan fingerprint density at radius 2 is 1.48 bits per heavy atom. The summed E-state index contributed by atoms with van der Waals surface area (Å²) in [4.78, 5) is 0. The van der Waals surface area contributed by atoms with Gasteiger partial charge in [-0.25, -0.2) is 0 Å². The van der Waals surface area contributed by atoms with Crippen LogP contribution < -0.4 is 0 Å². The van der Waals surface area contributed by atoms with E-state index in [1.54, 1.807) is 12.8 Å². The Morgan fingerprint density at radius 1 is 0.741 bits per heavy atom. The zero-order valence-corrected chi connectivity index (χ0v) is 18.1. The summed E-state index contributed by atoms with van der Waals surface area (Å²) in [5, 5.41) is 10.2. The van der Waals surface area contributed by atoms with E-state index in [2.05, 4.69) is 13.8 Å². The van der Waals surface area contributed by atoms with Crippen LogP contribution in [0.4, 0.5) is 0 Å². The molecule has 1 heteroatoms. The van der Waals surface area contributed by atoms with Gasteiger partial charge in [-0.2, -0.15) is 0 Å². The van der Waals surface area contributed by atoms with Crippen molar-refractivity contribution in [3.8, 4) is 0 Å². The molecule has 5 aliphatic carbocycles. The van der Waals surface area contributed by atoms with Gasteiger partial charge in [-0.1, -0.05) is 46.0 Å². The van der Waals surface area contributed by atoms with Crippen molar-refractivity contribution >= 4 is 0 Å². The maximum absolute atomic E-state index is 10.2. The molecule has 0 heterocycles. The van der Waals surface area contributed by atoms with E-state index in [4.69, 9.17) is 0 Å². The molecule has 0 aliphatic heterocycles. The van der Waals surface area contributed by atoms with E-state index in [1.807, 2.05) is 0 Å². The molecule has 1 nitrogen and oxygen atoms in total. The van der Waals surface area contributed by atoms with Crippen LogP contribution in [-0.4, -0.2) is 11.2 Å². The average Bonchev–Trinajstić information content (AvgIpc) is 3.28. The third-order valence-corrected chi connectivity index (χ3v) is 11.2. The van der Waals surface area contributed by atoms with Gasteiger partial charge >= 0.3 is 0 Å². The minimum Gasteiger partial charge on any atom is -0.393 e. The molecule has 0 spiro atoms. The molecule has 27 heavy (non-hydrogen) atoms. The van der Waals surface area contributed by atoms with Gasteiger partial charge in [0.05, 0.1) is 6.10 Å². The van der Waals surface area contributed by atoms with Gasteiger partial charge in [-0.3, -0.25) is 0 Å². The van der Waals surface area contributed by atoms with Crippen LogP contribution in [-0.2, 0) is 0 Å². The third-order valence-electron chi connectivity index (χ3n) is 11.2. The first kappa shape index (κ1) is 19.0. The summed E-state index contributed by atoms with van der Waals surface area (Å²) in [6.07, 6.45) is 21.6. The molecule has 5 aliphatic rings. The van der Waals surface area contributed by atoms with Crippen LogP contribution in [0, 0.1) is 46.3 Å². The maximum atomic E-state index is 10.2. The van der Waals surface area contributed by atoms with E-state index in [0.717, 1.165) is 48.3 Å². The van der Waals surface area contributed by atoms with E-state index in [9.17, 15) is 5.11 Å². The molecule has 0 aromatic carbocycles. The number of aliphatic hydroxyl groups excluding tert-OH is 1. The summed E-state index contributed by atoms with van der Waals surface area (Å²) in [6.45, 7) is 5.36. The smallest absolute Gasteiger partial charge is 0.0543 e. The fourth-order valence-electron chi connectivity index (χ4n) is 9.55. The second-order valence-corrected chi connectivity index (χ2v) is 12.1.